The first kappa shape index (κ1) is 17.2. The fraction of sp³-hybridized carbons (Fsp3) is 0.167. The van der Waals surface area contributed by atoms with Crippen LogP contribution in [0.2, 0.25) is 0 Å². The summed E-state index contributed by atoms with van der Waals surface area (Å²) in [7, 11) is 0. The lowest BCUT2D eigenvalue weighted by Gasteiger charge is -2.14. The fourth-order valence-corrected chi connectivity index (χ4v) is 3.23. The Morgan fingerprint density at radius 2 is 1.70 bits per heavy atom. The summed E-state index contributed by atoms with van der Waals surface area (Å²) in [5.41, 5.74) is 2.21. The van der Waals surface area contributed by atoms with Gasteiger partial charge in [0.25, 0.3) is 0 Å². The number of fused-ring (bicyclic) bond motifs is 1. The summed E-state index contributed by atoms with van der Waals surface area (Å²) in [4.78, 5) is 17.0. The number of ether oxygens (including phenoxy) is 1. The number of cyclic esters (lactones) is 1. The molecule has 3 nitrogen and oxygen atoms in total. The maximum Gasteiger partial charge on any atom is 0.340 e. The van der Waals surface area contributed by atoms with Gasteiger partial charge in [-0.15, -0.1) is 0 Å². The van der Waals surface area contributed by atoms with Crippen LogP contribution < -0.4 is 0 Å². The molecule has 3 aromatic rings. The molecule has 0 aromatic heterocycles. The minimum Gasteiger partial charge on any atom is -0.405 e. The van der Waals surface area contributed by atoms with Crippen molar-refractivity contribution in [1.29, 1.82) is 0 Å². The van der Waals surface area contributed by atoms with Crippen LogP contribution in [0.3, 0.4) is 0 Å². The summed E-state index contributed by atoms with van der Waals surface area (Å²) in [6, 6.07) is 24.2. The van der Waals surface area contributed by atoms with E-state index in [1.165, 1.54) is 10.8 Å². The molecule has 0 spiro atoms. The Balaban J connectivity index is 1.58. The topological polar surface area (TPSA) is 38.7 Å². The van der Waals surface area contributed by atoms with Gasteiger partial charge in [0.05, 0.1) is 0 Å². The first-order valence-corrected chi connectivity index (χ1v) is 9.09. The van der Waals surface area contributed by atoms with Crippen molar-refractivity contribution < 1.29 is 9.53 Å². The summed E-state index contributed by atoms with van der Waals surface area (Å²) in [5, 5.41) is 2.43. The Hall–Kier alpha value is -3.20. The van der Waals surface area contributed by atoms with E-state index < -0.39 is 5.54 Å². The third kappa shape index (κ3) is 3.41. The van der Waals surface area contributed by atoms with Gasteiger partial charge < -0.3 is 4.74 Å². The molecular formula is C24H21NO2. The minimum atomic E-state index is -0.886. The number of aliphatic imine (C=N–C) groups is 1. The second kappa shape index (κ2) is 6.84. The molecule has 4 rings (SSSR count). The quantitative estimate of drug-likeness (QED) is 0.588. The molecule has 1 aliphatic rings. The standard InChI is InChI=1S/C24H21NO2/c1-17(20-13-12-18-8-6-7-11-21(18)16-20)14-15-24(2)23(26)27-22(25-24)19-9-4-3-5-10-19/h3-14,16H,15H2,1-2H3/b17-14+. The lowest BCUT2D eigenvalue weighted by atomic mass is 9.95. The zero-order valence-corrected chi connectivity index (χ0v) is 15.5. The van der Waals surface area contributed by atoms with Gasteiger partial charge in [0, 0.05) is 12.0 Å². The van der Waals surface area contributed by atoms with E-state index in [4.69, 9.17) is 4.74 Å². The van der Waals surface area contributed by atoms with Crippen LogP contribution >= 0.6 is 0 Å². The fourth-order valence-electron chi connectivity index (χ4n) is 3.23. The van der Waals surface area contributed by atoms with E-state index in [0.29, 0.717) is 12.3 Å². The first-order valence-electron chi connectivity index (χ1n) is 9.09. The van der Waals surface area contributed by atoms with E-state index >= 15 is 0 Å². The predicted octanol–water partition coefficient (Wildman–Crippen LogP) is 5.40. The average molecular weight is 355 g/mol. The average Bonchev–Trinajstić information content (AvgIpc) is 3.01. The van der Waals surface area contributed by atoms with Gasteiger partial charge in [0.1, 0.15) is 0 Å². The number of allylic oxidation sites excluding steroid dienone is 1. The third-order valence-corrected chi connectivity index (χ3v) is 5.01. The summed E-state index contributed by atoms with van der Waals surface area (Å²) >= 11 is 0. The van der Waals surface area contributed by atoms with Crippen LogP contribution in [0.25, 0.3) is 16.3 Å². The van der Waals surface area contributed by atoms with E-state index in [-0.39, 0.29) is 5.97 Å². The summed E-state index contributed by atoms with van der Waals surface area (Å²) < 4.78 is 5.44. The zero-order chi connectivity index (χ0) is 18.9. The van der Waals surface area contributed by atoms with Gasteiger partial charge in [0.2, 0.25) is 5.90 Å². The van der Waals surface area contributed by atoms with E-state index in [1.807, 2.05) is 49.4 Å². The largest absolute Gasteiger partial charge is 0.405 e. The van der Waals surface area contributed by atoms with Gasteiger partial charge in [0.15, 0.2) is 5.54 Å². The minimum absolute atomic E-state index is 0.302. The second-order valence-electron chi connectivity index (χ2n) is 7.10. The number of hydrogen-bond donors (Lipinski definition) is 0. The van der Waals surface area contributed by atoms with Crippen molar-refractivity contribution in [2.45, 2.75) is 25.8 Å². The highest BCUT2D eigenvalue weighted by Crippen LogP contribution is 2.29. The Morgan fingerprint density at radius 1 is 1.00 bits per heavy atom. The number of esters is 1. The molecule has 0 fully saturated rings. The van der Waals surface area contributed by atoms with Crippen LogP contribution in [0, 0.1) is 0 Å². The number of nitrogens with zero attached hydrogens (tertiary/aromatic N) is 1. The number of benzene rings is 3. The molecule has 0 saturated carbocycles. The SMILES string of the molecule is C/C(=C\CC1(C)N=C(c2ccccc2)OC1=O)c1ccc2ccccc2c1. The van der Waals surface area contributed by atoms with Crippen LogP contribution in [0.4, 0.5) is 0 Å². The van der Waals surface area contributed by atoms with Crippen molar-refractivity contribution in [3.8, 4) is 0 Å². The molecule has 0 saturated heterocycles. The van der Waals surface area contributed by atoms with Crippen molar-refractivity contribution in [2.24, 2.45) is 4.99 Å². The van der Waals surface area contributed by atoms with Gasteiger partial charge in [-0.2, -0.15) is 0 Å². The van der Waals surface area contributed by atoms with Crippen molar-refractivity contribution in [3.05, 3.63) is 90.0 Å². The van der Waals surface area contributed by atoms with E-state index in [1.54, 1.807) is 0 Å². The van der Waals surface area contributed by atoms with E-state index in [0.717, 1.165) is 16.7 Å². The molecule has 3 heteroatoms. The molecular weight excluding hydrogens is 334 g/mol. The summed E-state index contributed by atoms with van der Waals surface area (Å²) in [6.45, 7) is 3.89. The van der Waals surface area contributed by atoms with Crippen molar-refractivity contribution in [1.82, 2.24) is 0 Å². The third-order valence-electron chi connectivity index (χ3n) is 5.01. The van der Waals surface area contributed by atoms with Gasteiger partial charge >= 0.3 is 5.97 Å². The molecule has 0 radical (unpaired) electrons. The maximum absolute atomic E-state index is 12.4. The highest BCUT2D eigenvalue weighted by Gasteiger charge is 2.41. The van der Waals surface area contributed by atoms with Gasteiger partial charge in [-0.05, 0) is 54.0 Å². The molecule has 27 heavy (non-hydrogen) atoms. The Kier molecular flexibility index (Phi) is 4.36. The number of rotatable bonds is 4. The Labute approximate surface area is 159 Å². The Morgan fingerprint density at radius 3 is 2.48 bits per heavy atom. The van der Waals surface area contributed by atoms with Gasteiger partial charge in [-0.1, -0.05) is 60.7 Å². The smallest absolute Gasteiger partial charge is 0.340 e. The zero-order valence-electron chi connectivity index (χ0n) is 15.5. The van der Waals surface area contributed by atoms with Crippen molar-refractivity contribution >= 4 is 28.2 Å². The summed E-state index contributed by atoms with van der Waals surface area (Å²) in [6.07, 6.45) is 2.57. The highest BCUT2D eigenvalue weighted by molar-refractivity contribution is 6.07. The van der Waals surface area contributed by atoms with Gasteiger partial charge in [-0.25, -0.2) is 9.79 Å². The molecule has 3 aromatic carbocycles. The molecule has 1 aliphatic heterocycles. The van der Waals surface area contributed by atoms with Crippen molar-refractivity contribution in [2.75, 3.05) is 0 Å². The molecule has 134 valence electrons. The lowest BCUT2D eigenvalue weighted by Crippen LogP contribution is -2.29. The summed E-state index contributed by atoms with van der Waals surface area (Å²) in [5.74, 6) is 0.101. The van der Waals surface area contributed by atoms with Crippen LogP contribution in [-0.2, 0) is 9.53 Å². The van der Waals surface area contributed by atoms with Crippen LogP contribution in [0.5, 0.6) is 0 Å². The van der Waals surface area contributed by atoms with Crippen molar-refractivity contribution in [3.63, 3.8) is 0 Å². The van der Waals surface area contributed by atoms with Crippen LogP contribution in [-0.4, -0.2) is 17.4 Å². The molecule has 0 bridgehead atoms. The molecule has 0 aliphatic carbocycles. The number of hydrogen-bond acceptors (Lipinski definition) is 3. The highest BCUT2D eigenvalue weighted by atomic mass is 16.6. The molecule has 0 N–H and O–H groups in total. The van der Waals surface area contributed by atoms with Crippen LogP contribution in [0.1, 0.15) is 31.4 Å². The molecule has 1 unspecified atom stereocenters. The van der Waals surface area contributed by atoms with Gasteiger partial charge in [-0.3, -0.25) is 0 Å². The first-order chi connectivity index (χ1) is 13.0. The van der Waals surface area contributed by atoms with E-state index in [2.05, 4.69) is 48.3 Å². The monoisotopic (exact) mass is 355 g/mol. The Bertz CT molecular complexity index is 1070. The maximum atomic E-state index is 12.4. The predicted molar refractivity (Wildman–Crippen MR) is 110 cm³/mol. The molecule has 1 heterocycles. The lowest BCUT2D eigenvalue weighted by molar-refractivity contribution is -0.138. The van der Waals surface area contributed by atoms with E-state index in [9.17, 15) is 4.79 Å². The molecule has 1 atom stereocenters. The second-order valence-corrected chi connectivity index (χ2v) is 7.10. The number of carbonyl (C=O) groups is 1. The number of carbonyl (C=O) groups excluding carboxylic acids is 1. The normalized spacial score (nSPS) is 19.9. The molecule has 0 amide bonds. The van der Waals surface area contributed by atoms with Crippen LogP contribution in [0.15, 0.2) is 83.9 Å².